The first kappa shape index (κ1) is 24.2. The number of ether oxygens (including phenoxy) is 2. The summed E-state index contributed by atoms with van der Waals surface area (Å²) in [6, 6.07) is 15.8. The molecule has 0 fully saturated rings. The summed E-state index contributed by atoms with van der Waals surface area (Å²) in [5, 5.41) is 0. The van der Waals surface area contributed by atoms with Crippen molar-refractivity contribution in [3.63, 3.8) is 0 Å². The van der Waals surface area contributed by atoms with Crippen LogP contribution in [0.1, 0.15) is 16.7 Å². The zero-order valence-electron chi connectivity index (χ0n) is 19.8. The van der Waals surface area contributed by atoms with Gasteiger partial charge in [0.2, 0.25) is 0 Å². The first-order valence-electron chi connectivity index (χ1n) is 11.2. The Labute approximate surface area is 207 Å². The fourth-order valence-electron chi connectivity index (χ4n) is 4.16. The molecule has 3 heterocycles. The average Bonchev–Trinajstić information content (AvgIpc) is 3.28. The quantitative estimate of drug-likeness (QED) is 0.346. The van der Waals surface area contributed by atoms with Crippen molar-refractivity contribution in [2.75, 3.05) is 14.2 Å². The zero-order valence-corrected chi connectivity index (χ0v) is 19.8. The van der Waals surface area contributed by atoms with Gasteiger partial charge in [-0.05, 0) is 47.5 Å². The minimum atomic E-state index is -4.62. The van der Waals surface area contributed by atoms with Gasteiger partial charge < -0.3 is 9.47 Å². The number of imidazole rings is 1. The number of hydrogen-bond acceptors (Lipinski definition) is 5. The second-order valence-electron chi connectivity index (χ2n) is 8.38. The van der Waals surface area contributed by atoms with E-state index in [9.17, 15) is 22.8 Å². The molecule has 0 amide bonds. The lowest BCUT2D eigenvalue weighted by Crippen LogP contribution is -2.40. The summed E-state index contributed by atoms with van der Waals surface area (Å²) >= 11 is 0. The molecule has 0 aliphatic carbocycles. The maximum absolute atomic E-state index is 13.7. The van der Waals surface area contributed by atoms with Crippen LogP contribution in [0.15, 0.2) is 76.4 Å². The molecule has 0 unspecified atom stereocenters. The number of fused-ring (bicyclic) bond motifs is 3. The number of benzene rings is 2. The van der Waals surface area contributed by atoms with Crippen LogP contribution >= 0.6 is 0 Å². The van der Waals surface area contributed by atoms with Crippen LogP contribution in [0.4, 0.5) is 13.2 Å². The van der Waals surface area contributed by atoms with Gasteiger partial charge in [0.25, 0.3) is 5.56 Å². The molecule has 8 nitrogen and oxygen atoms in total. The van der Waals surface area contributed by atoms with Crippen LogP contribution in [0.3, 0.4) is 0 Å². The van der Waals surface area contributed by atoms with E-state index in [1.54, 1.807) is 48.5 Å². The lowest BCUT2D eigenvalue weighted by molar-refractivity contribution is -0.137. The van der Waals surface area contributed by atoms with Gasteiger partial charge in [0.1, 0.15) is 17.1 Å². The third-order valence-corrected chi connectivity index (χ3v) is 6.09. The molecule has 5 aromatic rings. The van der Waals surface area contributed by atoms with Gasteiger partial charge in [-0.15, -0.1) is 0 Å². The number of rotatable bonds is 6. The molecule has 0 radical (unpaired) electrons. The van der Waals surface area contributed by atoms with E-state index in [1.165, 1.54) is 24.9 Å². The van der Waals surface area contributed by atoms with E-state index in [2.05, 4.69) is 4.98 Å². The van der Waals surface area contributed by atoms with Crippen molar-refractivity contribution in [2.45, 2.75) is 19.3 Å². The molecule has 37 heavy (non-hydrogen) atoms. The van der Waals surface area contributed by atoms with Crippen LogP contribution in [0, 0.1) is 0 Å². The minimum Gasteiger partial charge on any atom is -0.497 e. The molecule has 0 saturated carbocycles. The molecule has 0 spiro atoms. The summed E-state index contributed by atoms with van der Waals surface area (Å²) in [5.74, 6) is 1.22. The van der Waals surface area contributed by atoms with Crippen molar-refractivity contribution in [1.82, 2.24) is 18.5 Å². The zero-order chi connectivity index (χ0) is 26.3. The Morgan fingerprint density at radius 1 is 0.784 bits per heavy atom. The van der Waals surface area contributed by atoms with Gasteiger partial charge in [-0.1, -0.05) is 24.3 Å². The number of halogens is 3. The van der Waals surface area contributed by atoms with Gasteiger partial charge in [-0.3, -0.25) is 18.3 Å². The fraction of sp³-hybridized carbons (Fsp3) is 0.192. The van der Waals surface area contributed by atoms with E-state index in [0.29, 0.717) is 22.6 Å². The molecule has 0 saturated heterocycles. The minimum absolute atomic E-state index is 0.00768. The van der Waals surface area contributed by atoms with Crippen LogP contribution in [-0.4, -0.2) is 32.7 Å². The van der Waals surface area contributed by atoms with Crippen molar-refractivity contribution in [1.29, 1.82) is 0 Å². The van der Waals surface area contributed by atoms with Gasteiger partial charge in [0.05, 0.1) is 32.9 Å². The molecule has 0 aliphatic rings. The Morgan fingerprint density at radius 2 is 1.32 bits per heavy atom. The molecule has 0 aliphatic heterocycles. The maximum atomic E-state index is 13.7. The Bertz CT molecular complexity index is 1720. The summed E-state index contributed by atoms with van der Waals surface area (Å²) in [6.45, 7) is -0.0614. The third kappa shape index (κ3) is 4.44. The molecular formula is C26H21F3N4O4. The average molecular weight is 510 g/mol. The summed E-state index contributed by atoms with van der Waals surface area (Å²) in [4.78, 5) is 31.4. The first-order chi connectivity index (χ1) is 17.7. The second-order valence-corrected chi connectivity index (χ2v) is 8.38. The number of hydrogen-bond donors (Lipinski definition) is 0. The topological polar surface area (TPSA) is 79.8 Å². The van der Waals surface area contributed by atoms with Crippen molar-refractivity contribution >= 4 is 16.8 Å². The molecule has 190 valence electrons. The molecule has 2 aromatic carbocycles. The van der Waals surface area contributed by atoms with Crippen LogP contribution in [-0.2, 0) is 19.3 Å². The van der Waals surface area contributed by atoms with E-state index < -0.39 is 23.0 Å². The lowest BCUT2D eigenvalue weighted by Gasteiger charge is -2.14. The van der Waals surface area contributed by atoms with Crippen LogP contribution in [0.2, 0.25) is 0 Å². The van der Waals surface area contributed by atoms with Gasteiger partial charge >= 0.3 is 11.9 Å². The number of nitrogens with zero attached hydrogens (tertiary/aromatic N) is 4. The molecule has 0 atom stereocenters. The third-order valence-electron chi connectivity index (χ3n) is 6.09. The van der Waals surface area contributed by atoms with Crippen LogP contribution < -0.4 is 20.7 Å². The molecule has 11 heteroatoms. The van der Waals surface area contributed by atoms with Crippen molar-refractivity contribution < 1.29 is 22.6 Å². The summed E-state index contributed by atoms with van der Waals surface area (Å²) in [5.41, 5.74) is -0.962. The standard InChI is InChI=1S/C26H21F3N4O4/c1-36-19-8-3-16(4-9-19)13-32-23-22(30-21-12-7-18(15-31(21)23)26(27,28)29)24(34)33(25(32)35)14-17-5-10-20(37-2)11-6-17/h3-12,15H,13-14H2,1-2H3. The van der Waals surface area contributed by atoms with E-state index >= 15 is 0 Å². The Balaban J connectivity index is 1.75. The largest absolute Gasteiger partial charge is 0.497 e. The lowest BCUT2D eigenvalue weighted by atomic mass is 10.2. The van der Waals surface area contributed by atoms with E-state index in [4.69, 9.17) is 9.47 Å². The normalized spacial score (nSPS) is 11.8. The Kier molecular flexibility index (Phi) is 5.98. The number of pyridine rings is 1. The molecule has 0 bridgehead atoms. The number of methoxy groups -OCH3 is 2. The van der Waals surface area contributed by atoms with Gasteiger partial charge in [0, 0.05) is 6.20 Å². The molecular weight excluding hydrogens is 489 g/mol. The Morgan fingerprint density at radius 3 is 1.84 bits per heavy atom. The fourth-order valence-corrected chi connectivity index (χ4v) is 4.16. The van der Waals surface area contributed by atoms with Crippen molar-refractivity contribution in [3.05, 3.63) is 104 Å². The highest BCUT2D eigenvalue weighted by Crippen LogP contribution is 2.30. The first-order valence-corrected chi connectivity index (χ1v) is 11.2. The SMILES string of the molecule is COc1ccc(Cn2c(=O)c3nc4ccc(C(F)(F)F)cn4c3n(Cc3ccc(OC)cc3)c2=O)cc1. The highest BCUT2D eigenvalue weighted by atomic mass is 19.4. The van der Waals surface area contributed by atoms with Crippen molar-refractivity contribution in [2.24, 2.45) is 0 Å². The van der Waals surface area contributed by atoms with Crippen LogP contribution in [0.5, 0.6) is 11.5 Å². The predicted octanol–water partition coefficient (Wildman–Crippen LogP) is 3.94. The van der Waals surface area contributed by atoms with Gasteiger partial charge in [0.15, 0.2) is 11.2 Å². The molecule has 5 rings (SSSR count). The molecule has 3 aromatic heterocycles. The molecule has 0 N–H and O–H groups in total. The van der Waals surface area contributed by atoms with E-state index in [1.807, 2.05) is 0 Å². The highest BCUT2D eigenvalue weighted by molar-refractivity contribution is 5.76. The smallest absolute Gasteiger partial charge is 0.417 e. The van der Waals surface area contributed by atoms with Gasteiger partial charge in [-0.2, -0.15) is 13.2 Å². The summed E-state index contributed by atoms with van der Waals surface area (Å²) < 4.78 is 54.2. The predicted molar refractivity (Wildman–Crippen MR) is 130 cm³/mol. The Hall–Kier alpha value is -4.54. The van der Waals surface area contributed by atoms with E-state index in [0.717, 1.165) is 21.2 Å². The van der Waals surface area contributed by atoms with Gasteiger partial charge in [-0.25, -0.2) is 9.78 Å². The number of aromatic nitrogens is 4. The summed E-state index contributed by atoms with van der Waals surface area (Å²) in [7, 11) is 3.05. The monoisotopic (exact) mass is 510 g/mol. The highest BCUT2D eigenvalue weighted by Gasteiger charge is 2.31. The maximum Gasteiger partial charge on any atom is 0.417 e. The summed E-state index contributed by atoms with van der Waals surface area (Å²) in [6.07, 6.45) is -3.77. The second kappa shape index (κ2) is 9.16. The number of alkyl halides is 3. The van der Waals surface area contributed by atoms with E-state index in [-0.39, 0.29) is 29.9 Å². The van der Waals surface area contributed by atoms with Crippen molar-refractivity contribution in [3.8, 4) is 11.5 Å². The van der Waals surface area contributed by atoms with Crippen LogP contribution in [0.25, 0.3) is 16.8 Å².